The zero-order chi connectivity index (χ0) is 15.0. The van der Waals surface area contributed by atoms with E-state index in [1.54, 1.807) is 0 Å². The molecule has 0 radical (unpaired) electrons. The van der Waals surface area contributed by atoms with Gasteiger partial charge in [-0.15, -0.1) is 0 Å². The molecule has 0 aliphatic heterocycles. The summed E-state index contributed by atoms with van der Waals surface area (Å²) in [5.41, 5.74) is 8.55. The van der Waals surface area contributed by atoms with Gasteiger partial charge in [0.1, 0.15) is 0 Å². The molecule has 1 aromatic rings. The zero-order valence-corrected chi connectivity index (χ0v) is 11.2. The number of alkyl halides is 6. The number of carbonyl (C=O) groups is 1. The molecule has 1 rings (SSSR count). The van der Waals surface area contributed by atoms with Gasteiger partial charge in [0.15, 0.2) is 5.75 Å². The molecule has 1 aromatic carbocycles. The molecule has 106 valence electrons. The second-order valence-electron chi connectivity index (χ2n) is 3.37. The molecule has 0 amide bonds. The Morgan fingerprint density at radius 2 is 1.53 bits per heavy atom. The number of hydrogen-bond donors (Lipinski definition) is 2. The lowest BCUT2D eigenvalue weighted by atomic mass is 10.1. The fourth-order valence-electron chi connectivity index (χ4n) is 1.11. The Morgan fingerprint density at radius 3 is 1.84 bits per heavy atom. The molecule has 10 heteroatoms. The van der Waals surface area contributed by atoms with E-state index in [9.17, 15) is 18.0 Å². The summed E-state index contributed by atoms with van der Waals surface area (Å²) < 4.78 is 39.5. The predicted molar refractivity (Wildman–Crippen MR) is 66.2 cm³/mol. The Bertz CT molecular complexity index is 491. The molecule has 0 aromatic heterocycles. The van der Waals surface area contributed by atoms with Crippen LogP contribution in [0.5, 0.6) is 5.75 Å². The number of halogens is 6. The molecule has 4 N–H and O–H groups in total. The van der Waals surface area contributed by atoms with Gasteiger partial charge in [0.05, 0.1) is 16.9 Å². The number of nitrogen functional groups attached to an aromatic ring is 2. The zero-order valence-electron chi connectivity index (χ0n) is 8.89. The third kappa shape index (κ3) is 3.95. The summed E-state index contributed by atoms with van der Waals surface area (Å²) >= 11 is 15.7. The van der Waals surface area contributed by atoms with Crippen LogP contribution in [-0.4, -0.2) is 9.76 Å². The smallest absolute Gasteiger partial charge is 0.416 e. The topological polar surface area (TPSA) is 78.3 Å². The first kappa shape index (κ1) is 16.0. The summed E-state index contributed by atoms with van der Waals surface area (Å²) in [6.45, 7) is 0. The second-order valence-corrected chi connectivity index (χ2v) is 5.65. The summed E-state index contributed by atoms with van der Waals surface area (Å²) in [6, 6.07) is 1.11. The van der Waals surface area contributed by atoms with Crippen molar-refractivity contribution in [3.63, 3.8) is 0 Å². The molecule has 0 unspecified atom stereocenters. The van der Waals surface area contributed by atoms with Crippen LogP contribution < -0.4 is 16.2 Å². The molecule has 0 bridgehead atoms. The first-order chi connectivity index (χ1) is 8.43. The maximum atomic E-state index is 12.4. The molecule has 0 aliphatic carbocycles. The molecule has 0 spiro atoms. The molecule has 0 saturated carbocycles. The maximum Gasteiger partial charge on any atom is 0.416 e. The normalized spacial score (nSPS) is 12.3. The SMILES string of the molecule is Nc1cc(C(F)(F)F)cc(N)c1OC(=O)C(Cl)(Cl)Cl. The van der Waals surface area contributed by atoms with Gasteiger partial charge in [0.25, 0.3) is 3.79 Å². The van der Waals surface area contributed by atoms with Crippen LogP contribution in [-0.2, 0) is 11.0 Å². The van der Waals surface area contributed by atoms with Gasteiger partial charge in [0.2, 0.25) is 0 Å². The molecular formula is C9H6Cl3F3N2O2. The van der Waals surface area contributed by atoms with Crippen LogP contribution in [0.15, 0.2) is 12.1 Å². The van der Waals surface area contributed by atoms with Crippen molar-refractivity contribution < 1.29 is 22.7 Å². The summed E-state index contributed by atoms with van der Waals surface area (Å²) in [7, 11) is 0. The van der Waals surface area contributed by atoms with Crippen LogP contribution in [0, 0.1) is 0 Å². The van der Waals surface area contributed by atoms with Crippen LogP contribution in [0.25, 0.3) is 0 Å². The Hall–Kier alpha value is -1.05. The predicted octanol–water partition coefficient (Wildman–Crippen LogP) is 3.15. The molecule has 4 nitrogen and oxygen atoms in total. The lowest BCUT2D eigenvalue weighted by Crippen LogP contribution is -2.25. The van der Waals surface area contributed by atoms with Gasteiger partial charge in [0, 0.05) is 0 Å². The summed E-state index contributed by atoms with van der Waals surface area (Å²) in [5, 5.41) is 0. The fraction of sp³-hybridized carbons (Fsp3) is 0.222. The van der Waals surface area contributed by atoms with Crippen LogP contribution >= 0.6 is 34.8 Å². The minimum Gasteiger partial charge on any atom is -0.419 e. The van der Waals surface area contributed by atoms with Gasteiger partial charge in [-0.2, -0.15) is 13.2 Å². The van der Waals surface area contributed by atoms with Crippen LogP contribution in [0.2, 0.25) is 0 Å². The van der Waals surface area contributed by atoms with Crippen molar-refractivity contribution in [2.24, 2.45) is 0 Å². The highest BCUT2D eigenvalue weighted by Gasteiger charge is 2.36. The molecular weight excluding hydrogens is 331 g/mol. The van der Waals surface area contributed by atoms with Crippen LogP contribution in [0.1, 0.15) is 5.56 Å². The van der Waals surface area contributed by atoms with Gasteiger partial charge in [-0.3, -0.25) is 0 Å². The van der Waals surface area contributed by atoms with E-state index in [0.717, 1.165) is 0 Å². The van der Waals surface area contributed by atoms with Crippen LogP contribution in [0.3, 0.4) is 0 Å². The Labute approximate surface area is 120 Å². The Morgan fingerprint density at radius 1 is 1.11 bits per heavy atom. The third-order valence-electron chi connectivity index (χ3n) is 1.90. The number of esters is 1. The second kappa shape index (κ2) is 5.15. The van der Waals surface area contributed by atoms with E-state index in [1.165, 1.54) is 0 Å². The number of carbonyl (C=O) groups excluding carboxylic acids is 1. The Balaban J connectivity index is 3.16. The molecule has 0 heterocycles. The van der Waals surface area contributed by atoms with E-state index in [4.69, 9.17) is 46.3 Å². The number of nitrogens with two attached hydrogens (primary N) is 2. The monoisotopic (exact) mass is 336 g/mol. The number of ether oxygens (including phenoxy) is 1. The number of rotatable bonds is 1. The number of benzene rings is 1. The van der Waals surface area contributed by atoms with Crippen molar-refractivity contribution in [2.45, 2.75) is 9.97 Å². The molecule has 0 saturated heterocycles. The molecule has 0 aliphatic rings. The van der Waals surface area contributed by atoms with Gasteiger partial charge in [-0.05, 0) is 12.1 Å². The van der Waals surface area contributed by atoms with Crippen molar-refractivity contribution in [2.75, 3.05) is 11.5 Å². The van der Waals surface area contributed by atoms with Crippen molar-refractivity contribution >= 4 is 52.1 Å². The standard InChI is InChI=1S/C9H6Cl3F3N2O2/c10-8(11,12)7(18)19-6-4(16)1-3(2-5(6)17)9(13,14)15/h1-2H,16-17H2. The van der Waals surface area contributed by atoms with Crippen molar-refractivity contribution in [1.29, 1.82) is 0 Å². The van der Waals surface area contributed by atoms with E-state index in [-0.39, 0.29) is 0 Å². The summed E-state index contributed by atoms with van der Waals surface area (Å²) in [4.78, 5) is 11.3. The minimum absolute atomic E-state index is 0.496. The van der Waals surface area contributed by atoms with E-state index in [0.29, 0.717) is 12.1 Å². The number of anilines is 2. The van der Waals surface area contributed by atoms with Gasteiger partial charge in [-0.1, -0.05) is 34.8 Å². The highest BCUT2D eigenvalue weighted by atomic mass is 35.6. The quantitative estimate of drug-likeness (QED) is 0.357. The van der Waals surface area contributed by atoms with Gasteiger partial charge < -0.3 is 16.2 Å². The van der Waals surface area contributed by atoms with E-state index >= 15 is 0 Å². The largest absolute Gasteiger partial charge is 0.419 e. The average Bonchev–Trinajstić information content (AvgIpc) is 2.19. The third-order valence-corrected chi connectivity index (χ3v) is 2.36. The number of hydrogen-bond acceptors (Lipinski definition) is 4. The maximum absolute atomic E-state index is 12.4. The minimum atomic E-state index is -4.64. The van der Waals surface area contributed by atoms with Crippen molar-refractivity contribution in [1.82, 2.24) is 0 Å². The van der Waals surface area contributed by atoms with E-state index < -0.39 is 38.6 Å². The van der Waals surface area contributed by atoms with Gasteiger partial charge in [-0.25, -0.2) is 4.79 Å². The van der Waals surface area contributed by atoms with Gasteiger partial charge >= 0.3 is 12.1 Å². The molecule has 19 heavy (non-hydrogen) atoms. The van der Waals surface area contributed by atoms with Crippen LogP contribution in [0.4, 0.5) is 24.5 Å². The lowest BCUT2D eigenvalue weighted by molar-refractivity contribution is -0.137. The Kier molecular flexibility index (Phi) is 4.33. The van der Waals surface area contributed by atoms with E-state index in [1.807, 2.05) is 0 Å². The van der Waals surface area contributed by atoms with Crippen molar-refractivity contribution in [3.05, 3.63) is 17.7 Å². The molecule has 0 fully saturated rings. The lowest BCUT2D eigenvalue weighted by Gasteiger charge is -2.15. The summed E-state index contributed by atoms with van der Waals surface area (Å²) in [5.74, 6) is -1.83. The first-order valence-corrected chi connectivity index (χ1v) is 5.61. The van der Waals surface area contributed by atoms with Crippen molar-refractivity contribution in [3.8, 4) is 5.75 Å². The fourth-order valence-corrected chi connectivity index (χ4v) is 1.22. The average molecular weight is 338 g/mol. The van der Waals surface area contributed by atoms with E-state index in [2.05, 4.69) is 4.74 Å². The first-order valence-electron chi connectivity index (χ1n) is 4.48. The molecule has 0 atom stereocenters. The highest BCUT2D eigenvalue weighted by Crippen LogP contribution is 2.39. The summed E-state index contributed by atoms with van der Waals surface area (Å²) in [6.07, 6.45) is -4.64. The highest BCUT2D eigenvalue weighted by molar-refractivity contribution is 6.75.